The molecule has 0 saturated heterocycles. The van der Waals surface area contributed by atoms with Crippen molar-refractivity contribution in [3.63, 3.8) is 0 Å². The molecule has 0 atom stereocenters. The molecule has 0 spiro atoms. The highest BCUT2D eigenvalue weighted by molar-refractivity contribution is 5.24. The Balaban J connectivity index is 0.000000283. The SMILES string of the molecule is Cc1nc(C(F)(F)F)ccc1CN.Cc1nc(C(F)(F)F)ccc1CN=[N+]=[N-]. The van der Waals surface area contributed by atoms with Crippen LogP contribution in [-0.4, -0.2) is 9.97 Å². The van der Waals surface area contributed by atoms with Gasteiger partial charge < -0.3 is 5.73 Å². The molecule has 0 aliphatic rings. The van der Waals surface area contributed by atoms with E-state index in [0.717, 1.165) is 12.1 Å². The zero-order valence-electron chi connectivity index (χ0n) is 14.8. The van der Waals surface area contributed by atoms with Crippen LogP contribution in [0.5, 0.6) is 0 Å². The Bertz CT molecular complexity index is 856. The number of aromatic nitrogens is 2. The number of rotatable bonds is 3. The van der Waals surface area contributed by atoms with Gasteiger partial charge in [0.05, 0.1) is 6.54 Å². The molecule has 6 nitrogen and oxygen atoms in total. The number of hydrogen-bond donors (Lipinski definition) is 1. The third-order valence-corrected chi connectivity index (χ3v) is 3.50. The van der Waals surface area contributed by atoms with Crippen molar-refractivity contribution in [1.29, 1.82) is 0 Å². The molecule has 152 valence electrons. The van der Waals surface area contributed by atoms with Gasteiger partial charge in [0.15, 0.2) is 0 Å². The molecule has 0 bridgehead atoms. The summed E-state index contributed by atoms with van der Waals surface area (Å²) in [5, 5.41) is 3.25. The Morgan fingerprint density at radius 3 is 1.64 bits per heavy atom. The monoisotopic (exact) mass is 406 g/mol. The Kier molecular flexibility index (Phi) is 7.77. The third kappa shape index (κ3) is 6.71. The molecular formula is C16H16F6N6. The van der Waals surface area contributed by atoms with Crippen LogP contribution >= 0.6 is 0 Å². The Morgan fingerprint density at radius 1 is 0.893 bits per heavy atom. The van der Waals surface area contributed by atoms with E-state index < -0.39 is 23.7 Å². The molecule has 0 aliphatic carbocycles. The first-order valence-corrected chi connectivity index (χ1v) is 7.68. The highest BCUT2D eigenvalue weighted by atomic mass is 19.4. The molecule has 0 saturated carbocycles. The number of aryl methyl sites for hydroxylation is 2. The fourth-order valence-corrected chi connectivity index (χ4v) is 1.99. The minimum Gasteiger partial charge on any atom is -0.326 e. The van der Waals surface area contributed by atoms with E-state index in [1.54, 1.807) is 0 Å². The maximum absolute atomic E-state index is 12.2. The summed E-state index contributed by atoms with van der Waals surface area (Å²) >= 11 is 0. The number of alkyl halides is 6. The van der Waals surface area contributed by atoms with Crippen LogP contribution in [0.15, 0.2) is 29.4 Å². The Hall–Kier alpha value is -2.85. The average Bonchev–Trinajstić information content (AvgIpc) is 2.59. The molecule has 0 aromatic carbocycles. The zero-order chi connectivity index (χ0) is 21.5. The molecule has 0 unspecified atom stereocenters. The molecule has 2 rings (SSSR count). The van der Waals surface area contributed by atoms with Crippen molar-refractivity contribution in [2.24, 2.45) is 10.8 Å². The van der Waals surface area contributed by atoms with Gasteiger partial charge in [0.1, 0.15) is 11.4 Å². The van der Waals surface area contributed by atoms with Crippen LogP contribution in [0.3, 0.4) is 0 Å². The van der Waals surface area contributed by atoms with Crippen LogP contribution in [0, 0.1) is 13.8 Å². The van der Waals surface area contributed by atoms with E-state index in [2.05, 4.69) is 20.0 Å². The van der Waals surface area contributed by atoms with Gasteiger partial charge in [-0.05, 0) is 42.6 Å². The van der Waals surface area contributed by atoms with Gasteiger partial charge in [-0.3, -0.25) is 0 Å². The first-order chi connectivity index (χ1) is 12.9. The van der Waals surface area contributed by atoms with Crippen LogP contribution < -0.4 is 5.73 Å². The minimum absolute atomic E-state index is 0.00741. The lowest BCUT2D eigenvalue weighted by atomic mass is 10.2. The summed E-state index contributed by atoms with van der Waals surface area (Å²) in [6.45, 7) is 3.17. The van der Waals surface area contributed by atoms with Gasteiger partial charge in [0.25, 0.3) is 0 Å². The quantitative estimate of drug-likeness (QED) is 0.333. The highest BCUT2D eigenvalue weighted by Crippen LogP contribution is 2.29. The highest BCUT2D eigenvalue weighted by Gasteiger charge is 2.33. The van der Waals surface area contributed by atoms with Gasteiger partial charge in [-0.15, -0.1) is 0 Å². The summed E-state index contributed by atoms with van der Waals surface area (Å²) in [5.74, 6) is 0. The lowest BCUT2D eigenvalue weighted by molar-refractivity contribution is -0.142. The summed E-state index contributed by atoms with van der Waals surface area (Å²) in [6.07, 6.45) is -8.82. The van der Waals surface area contributed by atoms with E-state index in [4.69, 9.17) is 11.3 Å². The Labute approximate surface area is 156 Å². The molecule has 28 heavy (non-hydrogen) atoms. The normalized spacial score (nSPS) is 11.3. The number of nitrogens with two attached hydrogens (primary N) is 1. The van der Waals surface area contributed by atoms with E-state index in [-0.39, 0.29) is 18.8 Å². The van der Waals surface area contributed by atoms with E-state index in [9.17, 15) is 26.3 Å². The van der Waals surface area contributed by atoms with Crippen LogP contribution in [0.2, 0.25) is 0 Å². The smallest absolute Gasteiger partial charge is 0.326 e. The predicted octanol–water partition coefficient (Wildman–Crippen LogP) is 5.09. The number of azide groups is 1. The molecule has 2 aromatic rings. The molecule has 2 N–H and O–H groups in total. The van der Waals surface area contributed by atoms with Crippen molar-refractivity contribution in [3.05, 3.63) is 68.6 Å². The summed E-state index contributed by atoms with van der Waals surface area (Å²) in [6, 6.07) is 4.43. The first-order valence-electron chi connectivity index (χ1n) is 7.68. The van der Waals surface area contributed by atoms with Crippen LogP contribution in [0.25, 0.3) is 10.4 Å². The van der Waals surface area contributed by atoms with E-state index in [0.29, 0.717) is 16.8 Å². The summed E-state index contributed by atoms with van der Waals surface area (Å²) in [4.78, 5) is 9.32. The fraction of sp³-hybridized carbons (Fsp3) is 0.375. The van der Waals surface area contributed by atoms with Crippen molar-refractivity contribution in [3.8, 4) is 0 Å². The van der Waals surface area contributed by atoms with Gasteiger partial charge in [0.2, 0.25) is 0 Å². The third-order valence-electron chi connectivity index (χ3n) is 3.50. The van der Waals surface area contributed by atoms with E-state index in [1.807, 2.05) is 0 Å². The van der Waals surface area contributed by atoms with E-state index in [1.165, 1.54) is 26.0 Å². The number of pyridine rings is 2. The van der Waals surface area contributed by atoms with Gasteiger partial charge in [-0.2, -0.15) is 26.3 Å². The molecule has 0 aliphatic heterocycles. The standard InChI is InChI=1S/C8H7F3N4.C8H9F3N2/c1-5-6(4-13-15-12)2-3-7(14-5)8(9,10)11;1-5-6(4-12)2-3-7(13-5)8(9,10)11/h2-3H,4H2,1H3;2-3H,4,12H2,1H3. The lowest BCUT2D eigenvalue weighted by Gasteiger charge is -2.08. The molecular weight excluding hydrogens is 390 g/mol. The first kappa shape index (κ1) is 23.2. The van der Waals surface area contributed by atoms with Gasteiger partial charge in [-0.1, -0.05) is 17.2 Å². The lowest BCUT2D eigenvalue weighted by Crippen LogP contribution is -2.10. The van der Waals surface area contributed by atoms with Gasteiger partial charge >= 0.3 is 12.4 Å². The van der Waals surface area contributed by atoms with Crippen molar-refractivity contribution in [2.75, 3.05) is 0 Å². The number of nitrogens with zero attached hydrogens (tertiary/aromatic N) is 5. The van der Waals surface area contributed by atoms with E-state index >= 15 is 0 Å². The van der Waals surface area contributed by atoms with Crippen molar-refractivity contribution in [1.82, 2.24) is 9.97 Å². The van der Waals surface area contributed by atoms with Gasteiger partial charge in [0, 0.05) is 22.8 Å². The predicted molar refractivity (Wildman–Crippen MR) is 88.7 cm³/mol. The second kappa shape index (κ2) is 9.38. The second-order valence-corrected chi connectivity index (χ2v) is 5.47. The average molecular weight is 406 g/mol. The van der Waals surface area contributed by atoms with Crippen LogP contribution in [0.4, 0.5) is 26.3 Å². The summed E-state index contributed by atoms with van der Waals surface area (Å²) < 4.78 is 73.0. The maximum atomic E-state index is 12.2. The largest absolute Gasteiger partial charge is 0.433 e. The molecule has 2 aromatic heterocycles. The van der Waals surface area contributed by atoms with Crippen LogP contribution in [0.1, 0.15) is 33.9 Å². The van der Waals surface area contributed by atoms with Crippen molar-refractivity contribution in [2.45, 2.75) is 39.3 Å². The van der Waals surface area contributed by atoms with Crippen molar-refractivity contribution >= 4 is 0 Å². The topological polar surface area (TPSA) is 101 Å². The molecule has 0 amide bonds. The van der Waals surface area contributed by atoms with Crippen molar-refractivity contribution < 1.29 is 26.3 Å². The summed E-state index contributed by atoms with van der Waals surface area (Å²) in [5.41, 5.74) is 13.2. The zero-order valence-corrected chi connectivity index (χ0v) is 14.8. The number of halogens is 6. The second-order valence-electron chi connectivity index (χ2n) is 5.47. The molecule has 0 fully saturated rings. The Morgan fingerprint density at radius 2 is 1.32 bits per heavy atom. The van der Waals surface area contributed by atoms with Gasteiger partial charge in [-0.25, -0.2) is 9.97 Å². The maximum Gasteiger partial charge on any atom is 0.433 e. The summed E-state index contributed by atoms with van der Waals surface area (Å²) in [7, 11) is 0. The molecule has 2 heterocycles. The molecule has 12 heteroatoms. The molecule has 0 radical (unpaired) electrons. The number of hydrogen-bond acceptors (Lipinski definition) is 4. The fourth-order valence-electron chi connectivity index (χ4n) is 1.99. The minimum atomic E-state index is -4.44. The van der Waals surface area contributed by atoms with Crippen LogP contribution in [-0.2, 0) is 25.4 Å².